The molecule has 0 aromatic rings. The molecule has 1 fully saturated rings. The summed E-state index contributed by atoms with van der Waals surface area (Å²) >= 11 is 0. The van der Waals surface area contributed by atoms with E-state index in [1.807, 2.05) is 0 Å². The van der Waals surface area contributed by atoms with Crippen LogP contribution in [-0.4, -0.2) is 60.6 Å². The minimum atomic E-state index is -0.826. The third-order valence-corrected chi connectivity index (χ3v) is 1.98. The molecule has 2 rings (SSSR count). The van der Waals surface area contributed by atoms with Crippen molar-refractivity contribution in [2.75, 3.05) is 13.3 Å². The standard InChI is InChI=1S/C5H10N4O4/c10-6-1-4-5(8(12)2-6)9(13)3-7(4)11/h1,5,10-13H,2-3H2. The van der Waals surface area contributed by atoms with Gasteiger partial charge in [0.05, 0.1) is 11.9 Å². The van der Waals surface area contributed by atoms with Gasteiger partial charge in [0, 0.05) is 0 Å². The second-order valence-electron chi connectivity index (χ2n) is 2.93. The molecule has 0 amide bonds. The summed E-state index contributed by atoms with van der Waals surface area (Å²) in [6.45, 7) is -0.291. The number of hydrogen-bond donors (Lipinski definition) is 4. The molecule has 2 aliphatic rings. The van der Waals surface area contributed by atoms with Gasteiger partial charge in [0.25, 0.3) is 0 Å². The molecule has 1 unspecified atom stereocenters. The Balaban J connectivity index is 2.29. The normalized spacial score (nSPS) is 30.8. The van der Waals surface area contributed by atoms with E-state index in [1.54, 1.807) is 0 Å². The molecule has 2 heterocycles. The summed E-state index contributed by atoms with van der Waals surface area (Å²) in [5.74, 6) is 0. The Bertz CT molecular complexity index is 247. The summed E-state index contributed by atoms with van der Waals surface area (Å²) in [5, 5.41) is 39.7. The van der Waals surface area contributed by atoms with Crippen LogP contribution in [0, 0.1) is 0 Å². The third kappa shape index (κ3) is 1.25. The molecule has 1 saturated heterocycles. The predicted molar refractivity (Wildman–Crippen MR) is 36.1 cm³/mol. The minimum Gasteiger partial charge on any atom is -0.310 e. The Kier molecular flexibility index (Phi) is 1.87. The Labute approximate surface area is 73.5 Å². The minimum absolute atomic E-state index is 0.137. The van der Waals surface area contributed by atoms with E-state index < -0.39 is 6.17 Å². The first-order chi connectivity index (χ1) is 6.09. The van der Waals surface area contributed by atoms with Crippen LogP contribution < -0.4 is 0 Å². The maximum Gasteiger partial charge on any atom is 0.158 e. The van der Waals surface area contributed by atoms with Crippen molar-refractivity contribution in [2.24, 2.45) is 0 Å². The molecule has 0 aromatic heterocycles. The van der Waals surface area contributed by atoms with E-state index in [1.165, 1.54) is 6.20 Å². The van der Waals surface area contributed by atoms with E-state index in [9.17, 15) is 15.6 Å². The third-order valence-electron chi connectivity index (χ3n) is 1.98. The summed E-state index contributed by atoms with van der Waals surface area (Å²) < 4.78 is 0. The van der Waals surface area contributed by atoms with Crippen LogP contribution in [0.15, 0.2) is 11.9 Å². The molecule has 4 N–H and O–H groups in total. The van der Waals surface area contributed by atoms with Gasteiger partial charge in [0.15, 0.2) is 6.17 Å². The molecule has 0 spiro atoms. The van der Waals surface area contributed by atoms with E-state index in [4.69, 9.17) is 5.21 Å². The van der Waals surface area contributed by atoms with Gasteiger partial charge in [0.1, 0.15) is 13.3 Å². The topological polar surface area (TPSA) is 93.9 Å². The van der Waals surface area contributed by atoms with E-state index in [0.29, 0.717) is 10.1 Å². The summed E-state index contributed by atoms with van der Waals surface area (Å²) in [7, 11) is 0. The quantitative estimate of drug-likeness (QED) is 0.381. The highest BCUT2D eigenvalue weighted by atomic mass is 16.6. The molecule has 8 heteroatoms. The summed E-state index contributed by atoms with van der Waals surface area (Å²) in [6, 6.07) is 0. The number of hydrogen-bond acceptors (Lipinski definition) is 8. The Morgan fingerprint density at radius 3 is 2.38 bits per heavy atom. The maximum atomic E-state index is 9.29. The molecular weight excluding hydrogens is 180 g/mol. The molecule has 0 bridgehead atoms. The molecule has 0 aromatic carbocycles. The van der Waals surface area contributed by atoms with E-state index in [0.717, 1.165) is 10.1 Å². The Morgan fingerprint density at radius 1 is 1.08 bits per heavy atom. The van der Waals surface area contributed by atoms with Crippen molar-refractivity contribution in [1.29, 1.82) is 0 Å². The van der Waals surface area contributed by atoms with Crippen molar-refractivity contribution >= 4 is 0 Å². The molecule has 0 aliphatic carbocycles. The Morgan fingerprint density at radius 2 is 1.69 bits per heavy atom. The van der Waals surface area contributed by atoms with Gasteiger partial charge >= 0.3 is 0 Å². The lowest BCUT2D eigenvalue weighted by Crippen LogP contribution is -2.49. The van der Waals surface area contributed by atoms with Crippen LogP contribution in [0.4, 0.5) is 0 Å². The molecule has 13 heavy (non-hydrogen) atoms. The van der Waals surface area contributed by atoms with Crippen molar-refractivity contribution in [3.05, 3.63) is 11.9 Å². The zero-order chi connectivity index (χ0) is 9.59. The van der Waals surface area contributed by atoms with Crippen LogP contribution >= 0.6 is 0 Å². The van der Waals surface area contributed by atoms with Crippen LogP contribution in [0.2, 0.25) is 0 Å². The molecule has 0 saturated carbocycles. The van der Waals surface area contributed by atoms with E-state index in [-0.39, 0.29) is 19.0 Å². The van der Waals surface area contributed by atoms with Crippen molar-refractivity contribution in [3.8, 4) is 0 Å². The summed E-state index contributed by atoms with van der Waals surface area (Å²) in [5.41, 5.74) is 0.207. The van der Waals surface area contributed by atoms with E-state index in [2.05, 4.69) is 0 Å². The number of hydroxylamine groups is 8. The van der Waals surface area contributed by atoms with Crippen molar-refractivity contribution < 1.29 is 20.8 Å². The lowest BCUT2D eigenvalue weighted by atomic mass is 10.3. The van der Waals surface area contributed by atoms with Crippen molar-refractivity contribution in [2.45, 2.75) is 6.17 Å². The predicted octanol–water partition coefficient (Wildman–Crippen LogP) is -1.14. The molecule has 8 nitrogen and oxygen atoms in total. The lowest BCUT2D eigenvalue weighted by molar-refractivity contribution is -0.269. The number of fused-ring (bicyclic) bond motifs is 1. The smallest absolute Gasteiger partial charge is 0.158 e. The average molecular weight is 190 g/mol. The fourth-order valence-corrected chi connectivity index (χ4v) is 1.44. The van der Waals surface area contributed by atoms with Gasteiger partial charge in [-0.1, -0.05) is 0 Å². The molecule has 74 valence electrons. The highest BCUT2D eigenvalue weighted by molar-refractivity contribution is 5.11. The summed E-state index contributed by atoms with van der Waals surface area (Å²) in [4.78, 5) is 0. The maximum absolute atomic E-state index is 9.29. The molecule has 0 radical (unpaired) electrons. The zero-order valence-electron chi connectivity index (χ0n) is 6.65. The number of nitrogens with zero attached hydrogens (tertiary/aromatic N) is 4. The molecule has 1 atom stereocenters. The van der Waals surface area contributed by atoms with Gasteiger partial charge in [-0.25, -0.2) is 10.1 Å². The first kappa shape index (κ1) is 8.69. The van der Waals surface area contributed by atoms with Gasteiger partial charge in [-0.05, 0) is 0 Å². The largest absolute Gasteiger partial charge is 0.310 e. The Hall–Kier alpha value is -0.900. The van der Waals surface area contributed by atoms with Gasteiger partial charge in [-0.3, -0.25) is 10.4 Å². The monoisotopic (exact) mass is 190 g/mol. The second kappa shape index (κ2) is 2.80. The van der Waals surface area contributed by atoms with Crippen molar-refractivity contribution in [3.63, 3.8) is 0 Å². The van der Waals surface area contributed by atoms with Crippen LogP contribution in [0.5, 0.6) is 0 Å². The van der Waals surface area contributed by atoms with Gasteiger partial charge < -0.3 is 10.4 Å². The van der Waals surface area contributed by atoms with Gasteiger partial charge in [-0.2, -0.15) is 0 Å². The first-order valence-electron chi connectivity index (χ1n) is 3.64. The van der Waals surface area contributed by atoms with Crippen LogP contribution in [-0.2, 0) is 0 Å². The fraction of sp³-hybridized carbons (Fsp3) is 0.600. The van der Waals surface area contributed by atoms with Crippen LogP contribution in [0.25, 0.3) is 0 Å². The highest BCUT2D eigenvalue weighted by Gasteiger charge is 2.41. The first-order valence-corrected chi connectivity index (χ1v) is 3.64. The van der Waals surface area contributed by atoms with Gasteiger partial charge in [0.2, 0.25) is 0 Å². The SMILES string of the molecule is ON1C=C2C(N(O)C1)N(O)CN2O. The number of rotatable bonds is 0. The highest BCUT2D eigenvalue weighted by Crippen LogP contribution is 2.26. The van der Waals surface area contributed by atoms with Gasteiger partial charge in [-0.15, -0.1) is 10.1 Å². The lowest BCUT2D eigenvalue weighted by Gasteiger charge is -2.32. The molecular formula is C5H10N4O4. The van der Waals surface area contributed by atoms with E-state index >= 15 is 0 Å². The molecule has 2 aliphatic heterocycles. The second-order valence-corrected chi connectivity index (χ2v) is 2.93. The van der Waals surface area contributed by atoms with Crippen molar-refractivity contribution in [1.82, 2.24) is 20.3 Å². The van der Waals surface area contributed by atoms with Crippen LogP contribution in [0.3, 0.4) is 0 Å². The zero-order valence-corrected chi connectivity index (χ0v) is 6.65. The average Bonchev–Trinajstić information content (AvgIpc) is 2.27. The fourth-order valence-electron chi connectivity index (χ4n) is 1.44. The van der Waals surface area contributed by atoms with Crippen LogP contribution in [0.1, 0.15) is 0 Å². The summed E-state index contributed by atoms with van der Waals surface area (Å²) in [6.07, 6.45) is 0.404.